The first-order valence-electron chi connectivity index (χ1n) is 7.68. The molecule has 1 fully saturated rings. The van der Waals surface area contributed by atoms with E-state index < -0.39 is 0 Å². The van der Waals surface area contributed by atoms with Crippen molar-refractivity contribution >= 4 is 0 Å². The molecule has 0 aromatic heterocycles. The number of hydrogen-bond donors (Lipinski definition) is 1. The molecule has 0 bridgehead atoms. The number of hydrogen-bond acceptors (Lipinski definition) is 3. The van der Waals surface area contributed by atoms with Gasteiger partial charge in [0.25, 0.3) is 0 Å². The summed E-state index contributed by atoms with van der Waals surface area (Å²) in [5, 5.41) is 0. The van der Waals surface area contributed by atoms with E-state index in [-0.39, 0.29) is 0 Å². The molecule has 19 heavy (non-hydrogen) atoms. The Hall–Kier alpha value is -0.800. The van der Waals surface area contributed by atoms with Crippen LogP contribution in [0.1, 0.15) is 34.1 Å². The van der Waals surface area contributed by atoms with Gasteiger partial charge in [-0.3, -0.25) is 4.90 Å². The van der Waals surface area contributed by atoms with Crippen molar-refractivity contribution in [1.29, 1.82) is 0 Å². The lowest BCUT2D eigenvalue weighted by Crippen LogP contribution is -2.49. The molecule has 0 aliphatic carbocycles. The maximum absolute atomic E-state index is 5.56. The fraction of sp³-hybridized carbons (Fsp3) is 0.750. The van der Waals surface area contributed by atoms with Gasteiger partial charge in [-0.15, -0.1) is 0 Å². The van der Waals surface area contributed by atoms with Crippen LogP contribution in [-0.4, -0.2) is 48.6 Å². The number of nitrogens with two attached hydrogens (primary N) is 1. The van der Waals surface area contributed by atoms with E-state index in [1.54, 1.807) is 6.20 Å². The lowest BCUT2D eigenvalue weighted by Gasteiger charge is -2.38. The maximum atomic E-state index is 5.56. The molecule has 1 aliphatic heterocycles. The van der Waals surface area contributed by atoms with Gasteiger partial charge in [-0.25, -0.2) is 0 Å². The van der Waals surface area contributed by atoms with Crippen molar-refractivity contribution in [2.45, 2.75) is 40.2 Å². The molecule has 1 saturated heterocycles. The second-order valence-corrected chi connectivity index (χ2v) is 5.63. The zero-order valence-corrected chi connectivity index (χ0v) is 13.1. The first kappa shape index (κ1) is 16.3. The zero-order chi connectivity index (χ0) is 14.3. The first-order chi connectivity index (χ1) is 9.12. The number of nitrogens with zero attached hydrogens (tertiary/aromatic N) is 2. The summed E-state index contributed by atoms with van der Waals surface area (Å²) in [5.74, 6) is 0.533. The average molecular weight is 265 g/mol. The number of piperazine rings is 1. The van der Waals surface area contributed by atoms with Crippen molar-refractivity contribution in [2.75, 3.05) is 32.7 Å². The molecule has 0 radical (unpaired) electrons. The van der Waals surface area contributed by atoms with E-state index in [4.69, 9.17) is 5.73 Å². The second-order valence-electron chi connectivity index (χ2n) is 5.63. The third-order valence-electron chi connectivity index (χ3n) is 4.08. The molecule has 0 saturated carbocycles. The Labute approximate surface area is 119 Å². The van der Waals surface area contributed by atoms with Crippen molar-refractivity contribution < 1.29 is 0 Å². The van der Waals surface area contributed by atoms with E-state index in [9.17, 15) is 0 Å². The summed E-state index contributed by atoms with van der Waals surface area (Å²) >= 11 is 0. The Kier molecular flexibility index (Phi) is 7.17. The lowest BCUT2D eigenvalue weighted by molar-refractivity contribution is 0.114. The highest BCUT2D eigenvalue weighted by Crippen LogP contribution is 2.17. The molecule has 3 heteroatoms. The van der Waals surface area contributed by atoms with E-state index >= 15 is 0 Å². The molecular formula is C16H31N3. The lowest BCUT2D eigenvalue weighted by atomic mass is 9.98. The van der Waals surface area contributed by atoms with E-state index in [0.717, 1.165) is 0 Å². The van der Waals surface area contributed by atoms with Crippen LogP contribution in [0.2, 0.25) is 0 Å². The molecule has 110 valence electrons. The maximum Gasteiger partial charge on any atom is 0.0282 e. The van der Waals surface area contributed by atoms with Crippen LogP contribution in [0.25, 0.3) is 0 Å². The van der Waals surface area contributed by atoms with Gasteiger partial charge in [0, 0.05) is 32.2 Å². The summed E-state index contributed by atoms with van der Waals surface area (Å²) in [4.78, 5) is 5.13. The van der Waals surface area contributed by atoms with Crippen LogP contribution in [0.5, 0.6) is 0 Å². The molecule has 3 nitrogen and oxygen atoms in total. The summed E-state index contributed by atoms with van der Waals surface area (Å²) in [6, 6.07) is 0.549. The van der Waals surface area contributed by atoms with Gasteiger partial charge in [-0.05, 0) is 36.7 Å². The molecule has 0 spiro atoms. The third-order valence-corrected chi connectivity index (χ3v) is 4.08. The molecule has 1 atom stereocenters. The zero-order valence-electron chi connectivity index (χ0n) is 13.1. The largest absolute Gasteiger partial charge is 0.405 e. The van der Waals surface area contributed by atoms with Crippen LogP contribution in [-0.2, 0) is 0 Å². The Morgan fingerprint density at radius 2 is 1.79 bits per heavy atom. The van der Waals surface area contributed by atoms with Gasteiger partial charge in [-0.2, -0.15) is 0 Å². The minimum atomic E-state index is 0.533. The van der Waals surface area contributed by atoms with Gasteiger partial charge in [0.1, 0.15) is 0 Å². The SMILES string of the molecule is CCC(/C=C(\C=C/N)C(C)C)N1CCN(CC)CC1. The predicted molar refractivity (Wildman–Crippen MR) is 84.0 cm³/mol. The quantitative estimate of drug-likeness (QED) is 0.749. The van der Waals surface area contributed by atoms with Crippen molar-refractivity contribution in [3.8, 4) is 0 Å². The van der Waals surface area contributed by atoms with Gasteiger partial charge in [-0.1, -0.05) is 33.8 Å². The van der Waals surface area contributed by atoms with Crippen molar-refractivity contribution in [1.82, 2.24) is 9.80 Å². The fourth-order valence-electron chi connectivity index (χ4n) is 2.67. The Bertz CT molecular complexity index is 299. The first-order valence-corrected chi connectivity index (χ1v) is 7.68. The highest BCUT2D eigenvalue weighted by atomic mass is 15.3. The Morgan fingerprint density at radius 3 is 2.21 bits per heavy atom. The van der Waals surface area contributed by atoms with E-state index in [0.29, 0.717) is 12.0 Å². The monoisotopic (exact) mass is 265 g/mol. The molecular weight excluding hydrogens is 234 g/mol. The minimum Gasteiger partial charge on any atom is -0.405 e. The summed E-state index contributed by atoms with van der Waals surface area (Å²) < 4.78 is 0. The highest BCUT2D eigenvalue weighted by molar-refractivity contribution is 5.22. The third kappa shape index (κ3) is 5.00. The van der Waals surface area contributed by atoms with Gasteiger partial charge in [0.05, 0.1) is 0 Å². The molecule has 0 aromatic rings. The van der Waals surface area contributed by atoms with E-state index in [1.807, 2.05) is 0 Å². The van der Waals surface area contributed by atoms with Gasteiger partial charge in [0.2, 0.25) is 0 Å². The standard InChI is InChI=1S/C16H31N3/c1-5-16(13-15(7-8-17)14(3)4)19-11-9-18(6-2)10-12-19/h7-8,13-14,16H,5-6,9-12,17H2,1-4H3/b8-7-,15-13+. The van der Waals surface area contributed by atoms with Gasteiger partial charge < -0.3 is 10.6 Å². The minimum absolute atomic E-state index is 0.533. The second kappa shape index (κ2) is 8.39. The molecule has 2 N–H and O–H groups in total. The number of rotatable bonds is 6. The Balaban J connectivity index is 2.69. The highest BCUT2D eigenvalue weighted by Gasteiger charge is 2.21. The summed E-state index contributed by atoms with van der Waals surface area (Å²) in [6.45, 7) is 14.9. The van der Waals surface area contributed by atoms with E-state index in [2.05, 4.69) is 49.6 Å². The van der Waals surface area contributed by atoms with Crippen molar-refractivity contribution in [3.05, 3.63) is 23.9 Å². The molecule has 0 aromatic carbocycles. The van der Waals surface area contributed by atoms with Crippen LogP contribution in [0.15, 0.2) is 23.9 Å². The molecule has 1 heterocycles. The average Bonchev–Trinajstić information content (AvgIpc) is 2.43. The smallest absolute Gasteiger partial charge is 0.0282 e. The fourth-order valence-corrected chi connectivity index (χ4v) is 2.67. The van der Waals surface area contributed by atoms with Crippen molar-refractivity contribution in [3.63, 3.8) is 0 Å². The normalized spacial score (nSPS) is 21.4. The van der Waals surface area contributed by atoms with Crippen LogP contribution in [0, 0.1) is 5.92 Å². The van der Waals surface area contributed by atoms with Crippen LogP contribution < -0.4 is 5.73 Å². The number of likely N-dealkylation sites (N-methyl/N-ethyl adjacent to an activating group) is 1. The predicted octanol–water partition coefficient (Wildman–Crippen LogP) is 2.46. The summed E-state index contributed by atoms with van der Waals surface area (Å²) in [7, 11) is 0. The molecule has 1 aliphatic rings. The van der Waals surface area contributed by atoms with Crippen LogP contribution in [0.4, 0.5) is 0 Å². The summed E-state index contributed by atoms with van der Waals surface area (Å²) in [5.41, 5.74) is 6.91. The molecule has 0 amide bonds. The topological polar surface area (TPSA) is 32.5 Å². The van der Waals surface area contributed by atoms with E-state index in [1.165, 1.54) is 44.7 Å². The molecule has 1 unspecified atom stereocenters. The van der Waals surface area contributed by atoms with Crippen LogP contribution >= 0.6 is 0 Å². The van der Waals surface area contributed by atoms with Gasteiger partial charge in [0.15, 0.2) is 0 Å². The van der Waals surface area contributed by atoms with Crippen molar-refractivity contribution in [2.24, 2.45) is 11.7 Å². The molecule has 1 rings (SSSR count). The summed E-state index contributed by atoms with van der Waals surface area (Å²) in [6.07, 6.45) is 7.29. The van der Waals surface area contributed by atoms with Crippen LogP contribution in [0.3, 0.4) is 0 Å². The number of allylic oxidation sites excluding steroid dienone is 2. The van der Waals surface area contributed by atoms with Gasteiger partial charge >= 0.3 is 0 Å². The Morgan fingerprint density at radius 1 is 1.16 bits per heavy atom.